The van der Waals surface area contributed by atoms with Crippen molar-refractivity contribution in [1.29, 1.82) is 0 Å². The minimum Gasteiger partial charge on any atom is -0.340 e. The number of rotatable bonds is 5. The van der Waals surface area contributed by atoms with Crippen LogP contribution in [0, 0.1) is 6.92 Å². The molecule has 1 aliphatic heterocycles. The second kappa shape index (κ2) is 7.15. The van der Waals surface area contributed by atoms with E-state index in [0.29, 0.717) is 6.42 Å². The highest BCUT2D eigenvalue weighted by molar-refractivity contribution is 7.09. The number of aromatic nitrogens is 1. The Labute approximate surface area is 124 Å². The van der Waals surface area contributed by atoms with Crippen molar-refractivity contribution in [3.63, 3.8) is 0 Å². The van der Waals surface area contributed by atoms with Crippen molar-refractivity contribution in [2.45, 2.75) is 39.3 Å². The van der Waals surface area contributed by atoms with Gasteiger partial charge in [0.1, 0.15) is 0 Å². The van der Waals surface area contributed by atoms with Crippen LogP contribution >= 0.6 is 11.3 Å². The van der Waals surface area contributed by atoms with Gasteiger partial charge >= 0.3 is 0 Å². The Bertz CT molecular complexity index is 438. The van der Waals surface area contributed by atoms with Gasteiger partial charge in [0.05, 0.1) is 10.7 Å². The number of hydrogen-bond acceptors (Lipinski definition) is 5. The van der Waals surface area contributed by atoms with Crippen molar-refractivity contribution in [3.05, 3.63) is 16.1 Å². The Morgan fingerprint density at radius 2 is 2.15 bits per heavy atom. The molecule has 0 bridgehead atoms. The summed E-state index contributed by atoms with van der Waals surface area (Å²) in [4.78, 5) is 20.8. The highest BCUT2D eigenvalue weighted by Crippen LogP contribution is 2.13. The van der Waals surface area contributed by atoms with Crippen molar-refractivity contribution in [1.82, 2.24) is 14.8 Å². The first kappa shape index (κ1) is 15.4. The van der Waals surface area contributed by atoms with Gasteiger partial charge in [-0.15, -0.1) is 11.3 Å². The van der Waals surface area contributed by atoms with Crippen LogP contribution < -0.4 is 5.73 Å². The van der Waals surface area contributed by atoms with E-state index in [-0.39, 0.29) is 11.9 Å². The summed E-state index contributed by atoms with van der Waals surface area (Å²) in [7, 11) is 0. The number of amides is 1. The molecule has 1 aromatic heterocycles. The summed E-state index contributed by atoms with van der Waals surface area (Å²) in [5.74, 6) is 0.242. The first-order valence-corrected chi connectivity index (χ1v) is 8.09. The molecule has 112 valence electrons. The molecule has 0 aromatic carbocycles. The first-order valence-electron chi connectivity index (χ1n) is 7.21. The van der Waals surface area contributed by atoms with E-state index in [9.17, 15) is 4.79 Å². The lowest BCUT2D eigenvalue weighted by atomic mass is 10.1. The van der Waals surface area contributed by atoms with Gasteiger partial charge < -0.3 is 10.6 Å². The number of aryl methyl sites for hydroxylation is 1. The van der Waals surface area contributed by atoms with Crippen LogP contribution in [-0.2, 0) is 11.3 Å². The summed E-state index contributed by atoms with van der Waals surface area (Å²) in [6, 6.07) is 0.105. The summed E-state index contributed by atoms with van der Waals surface area (Å²) in [5, 5.41) is 3.24. The molecule has 6 heteroatoms. The van der Waals surface area contributed by atoms with Gasteiger partial charge in [-0.25, -0.2) is 4.98 Å². The molecule has 1 amide bonds. The standard InChI is InChI=1S/C14H24N4OS/c1-11(15)3-4-14(19)18-7-5-17(6-8-18)9-13-10-20-12(2)16-13/h10-11H,3-9,15H2,1-2H3. The van der Waals surface area contributed by atoms with Gasteiger partial charge in [-0.3, -0.25) is 9.69 Å². The normalized spacial score (nSPS) is 18.2. The molecule has 1 saturated heterocycles. The van der Waals surface area contributed by atoms with E-state index in [4.69, 9.17) is 5.73 Å². The molecule has 1 aromatic rings. The van der Waals surface area contributed by atoms with E-state index in [1.54, 1.807) is 11.3 Å². The van der Waals surface area contributed by atoms with Gasteiger partial charge in [0.15, 0.2) is 0 Å². The molecule has 0 spiro atoms. The van der Waals surface area contributed by atoms with Crippen LogP contribution in [0.2, 0.25) is 0 Å². The zero-order valence-electron chi connectivity index (χ0n) is 12.3. The zero-order valence-corrected chi connectivity index (χ0v) is 13.2. The molecule has 5 nitrogen and oxygen atoms in total. The van der Waals surface area contributed by atoms with Gasteiger partial charge in [0.25, 0.3) is 0 Å². The molecular weight excluding hydrogens is 272 g/mol. The SMILES string of the molecule is Cc1nc(CN2CCN(C(=O)CCC(C)N)CC2)cs1. The molecule has 1 atom stereocenters. The predicted octanol–water partition coefficient (Wildman–Crippen LogP) is 1.22. The molecule has 20 heavy (non-hydrogen) atoms. The highest BCUT2D eigenvalue weighted by atomic mass is 32.1. The van der Waals surface area contributed by atoms with Crippen molar-refractivity contribution in [2.75, 3.05) is 26.2 Å². The zero-order chi connectivity index (χ0) is 14.5. The Balaban J connectivity index is 1.73. The van der Waals surface area contributed by atoms with Gasteiger partial charge in [-0.05, 0) is 20.3 Å². The average Bonchev–Trinajstić information content (AvgIpc) is 2.82. The maximum absolute atomic E-state index is 12.0. The lowest BCUT2D eigenvalue weighted by Crippen LogP contribution is -2.48. The second-order valence-corrected chi connectivity index (χ2v) is 6.59. The van der Waals surface area contributed by atoms with Crippen LogP contribution in [0.1, 0.15) is 30.5 Å². The highest BCUT2D eigenvalue weighted by Gasteiger charge is 2.21. The quantitative estimate of drug-likeness (QED) is 0.887. The summed E-state index contributed by atoms with van der Waals surface area (Å²) < 4.78 is 0. The number of carbonyl (C=O) groups excluding carboxylic acids is 1. The molecule has 0 radical (unpaired) electrons. The number of nitrogens with zero attached hydrogens (tertiary/aromatic N) is 3. The molecular formula is C14H24N4OS. The predicted molar refractivity (Wildman–Crippen MR) is 81.6 cm³/mol. The maximum Gasteiger partial charge on any atom is 0.222 e. The Morgan fingerprint density at radius 1 is 1.45 bits per heavy atom. The lowest BCUT2D eigenvalue weighted by molar-refractivity contribution is -0.133. The van der Waals surface area contributed by atoms with Crippen LogP contribution in [0.3, 0.4) is 0 Å². The van der Waals surface area contributed by atoms with Crippen molar-refractivity contribution < 1.29 is 4.79 Å². The number of carbonyl (C=O) groups is 1. The fraction of sp³-hybridized carbons (Fsp3) is 0.714. The number of nitrogens with two attached hydrogens (primary N) is 1. The molecule has 2 heterocycles. The molecule has 1 unspecified atom stereocenters. The van der Waals surface area contributed by atoms with Crippen molar-refractivity contribution in [3.8, 4) is 0 Å². The largest absolute Gasteiger partial charge is 0.340 e. The molecule has 0 aliphatic carbocycles. The van der Waals surface area contributed by atoms with Gasteiger partial charge in [-0.2, -0.15) is 0 Å². The molecule has 2 N–H and O–H groups in total. The smallest absolute Gasteiger partial charge is 0.222 e. The molecule has 1 aliphatic rings. The fourth-order valence-corrected chi connectivity index (χ4v) is 2.98. The lowest BCUT2D eigenvalue weighted by Gasteiger charge is -2.34. The monoisotopic (exact) mass is 296 g/mol. The third-order valence-electron chi connectivity index (χ3n) is 3.59. The van der Waals surface area contributed by atoms with Crippen LogP contribution in [0.15, 0.2) is 5.38 Å². The van der Waals surface area contributed by atoms with Crippen LogP contribution in [-0.4, -0.2) is 52.9 Å². The number of thiazole rings is 1. The van der Waals surface area contributed by atoms with E-state index >= 15 is 0 Å². The summed E-state index contributed by atoms with van der Waals surface area (Å²) >= 11 is 1.69. The van der Waals surface area contributed by atoms with Gasteiger partial charge in [0, 0.05) is 50.6 Å². The van der Waals surface area contributed by atoms with E-state index in [1.807, 2.05) is 18.7 Å². The second-order valence-electron chi connectivity index (χ2n) is 5.53. The Hall–Kier alpha value is -0.980. The van der Waals surface area contributed by atoms with Crippen LogP contribution in [0.4, 0.5) is 0 Å². The Kier molecular flexibility index (Phi) is 5.51. The van der Waals surface area contributed by atoms with Crippen molar-refractivity contribution in [2.24, 2.45) is 5.73 Å². The van der Waals surface area contributed by atoms with Crippen LogP contribution in [0.5, 0.6) is 0 Å². The van der Waals surface area contributed by atoms with Crippen LogP contribution in [0.25, 0.3) is 0 Å². The minimum absolute atomic E-state index is 0.105. The molecule has 2 rings (SSSR count). The van der Waals surface area contributed by atoms with Gasteiger partial charge in [-0.1, -0.05) is 0 Å². The maximum atomic E-state index is 12.0. The fourth-order valence-electron chi connectivity index (χ4n) is 2.37. The van der Waals surface area contributed by atoms with E-state index in [2.05, 4.69) is 15.3 Å². The Morgan fingerprint density at radius 3 is 2.70 bits per heavy atom. The minimum atomic E-state index is 0.105. The topological polar surface area (TPSA) is 62.5 Å². The summed E-state index contributed by atoms with van der Waals surface area (Å²) in [5.41, 5.74) is 6.84. The third-order valence-corrected chi connectivity index (χ3v) is 4.41. The summed E-state index contributed by atoms with van der Waals surface area (Å²) in [6.07, 6.45) is 1.35. The van der Waals surface area contributed by atoms with Gasteiger partial charge in [0.2, 0.25) is 5.91 Å². The van der Waals surface area contributed by atoms with E-state index in [0.717, 1.165) is 49.8 Å². The summed E-state index contributed by atoms with van der Waals surface area (Å²) in [6.45, 7) is 8.37. The number of piperazine rings is 1. The first-order chi connectivity index (χ1) is 9.54. The third kappa shape index (κ3) is 4.54. The number of hydrogen-bond donors (Lipinski definition) is 1. The van der Waals surface area contributed by atoms with E-state index < -0.39 is 0 Å². The average molecular weight is 296 g/mol. The van der Waals surface area contributed by atoms with E-state index in [1.165, 1.54) is 0 Å². The van der Waals surface area contributed by atoms with Crippen molar-refractivity contribution >= 4 is 17.2 Å². The molecule has 1 fully saturated rings. The molecule has 0 saturated carbocycles.